The van der Waals surface area contributed by atoms with Crippen LogP contribution in [0.3, 0.4) is 0 Å². The van der Waals surface area contributed by atoms with Gasteiger partial charge in [-0.15, -0.1) is 0 Å². The largest absolute Gasteiger partial charge is 0.497 e. The summed E-state index contributed by atoms with van der Waals surface area (Å²) in [4.78, 5) is 2.23. The fourth-order valence-corrected chi connectivity index (χ4v) is 5.13. The van der Waals surface area contributed by atoms with E-state index in [1.807, 2.05) is 54.6 Å². The van der Waals surface area contributed by atoms with Crippen molar-refractivity contribution in [3.8, 4) is 28.7 Å². The molecule has 4 aromatic rings. The molecule has 0 aliphatic carbocycles. The first-order chi connectivity index (χ1) is 17.7. The molecule has 0 saturated carbocycles. The first-order valence-electron chi connectivity index (χ1n) is 11.7. The minimum Gasteiger partial charge on any atom is -0.497 e. The second-order valence-electron chi connectivity index (χ2n) is 8.33. The zero-order valence-corrected chi connectivity index (χ0v) is 21.1. The summed E-state index contributed by atoms with van der Waals surface area (Å²) in [5.74, 6) is 3.50. The Kier molecular flexibility index (Phi) is 6.34. The highest BCUT2D eigenvalue weighted by molar-refractivity contribution is 5.89. The van der Waals surface area contributed by atoms with Crippen LogP contribution in [0, 0.1) is 0 Å². The topological polar surface area (TPSA) is 49.4 Å². The second kappa shape index (κ2) is 9.74. The molecule has 184 valence electrons. The van der Waals surface area contributed by atoms with Gasteiger partial charge in [-0.2, -0.15) is 0 Å². The zero-order valence-electron chi connectivity index (χ0n) is 21.1. The van der Waals surface area contributed by atoms with Gasteiger partial charge in [0, 0.05) is 22.4 Å². The Morgan fingerprint density at radius 3 is 1.31 bits per heavy atom. The predicted octanol–water partition coefficient (Wildman–Crippen LogP) is 6.69. The van der Waals surface area contributed by atoms with Gasteiger partial charge < -0.3 is 28.6 Å². The van der Waals surface area contributed by atoms with E-state index < -0.39 is 0 Å². The number of anilines is 3. The molecule has 0 bridgehead atoms. The second-order valence-corrected chi connectivity index (χ2v) is 8.33. The van der Waals surface area contributed by atoms with Crippen LogP contribution in [0.2, 0.25) is 0 Å². The van der Waals surface area contributed by atoms with E-state index in [-0.39, 0.29) is 5.92 Å². The molecular weight excluding hydrogens is 454 g/mol. The lowest BCUT2D eigenvalue weighted by atomic mass is 9.78. The minimum atomic E-state index is -0.275. The first-order valence-corrected chi connectivity index (χ1v) is 11.7. The van der Waals surface area contributed by atoms with E-state index in [2.05, 4.69) is 29.2 Å². The van der Waals surface area contributed by atoms with Crippen molar-refractivity contribution in [2.45, 2.75) is 5.92 Å². The van der Waals surface area contributed by atoms with Gasteiger partial charge in [0.25, 0.3) is 0 Å². The number of nitrogens with zero attached hydrogens (tertiary/aromatic N) is 1. The lowest BCUT2D eigenvalue weighted by molar-refractivity contribution is 0.378. The minimum absolute atomic E-state index is 0.275. The predicted molar refractivity (Wildman–Crippen MR) is 141 cm³/mol. The van der Waals surface area contributed by atoms with Crippen LogP contribution in [0.15, 0.2) is 78.9 Å². The molecule has 0 aromatic heterocycles. The summed E-state index contributed by atoms with van der Waals surface area (Å²) >= 11 is 0. The average Bonchev–Trinajstić information content (AvgIpc) is 2.94. The SMILES string of the molecule is COc1ccc(N2c3cccc(OC)c3C(c3c(OC)cccc3OC)c3c(OC)cccc32)cc1. The highest BCUT2D eigenvalue weighted by Crippen LogP contribution is 2.58. The number of hydrogen-bond donors (Lipinski definition) is 0. The van der Waals surface area contributed by atoms with Crippen molar-refractivity contribution < 1.29 is 23.7 Å². The van der Waals surface area contributed by atoms with Crippen LogP contribution in [0.25, 0.3) is 0 Å². The number of ether oxygens (including phenoxy) is 5. The summed E-state index contributed by atoms with van der Waals surface area (Å²) in [5.41, 5.74) is 5.89. The molecule has 5 rings (SSSR count). The van der Waals surface area contributed by atoms with Crippen LogP contribution in [0.5, 0.6) is 28.7 Å². The van der Waals surface area contributed by atoms with Crippen molar-refractivity contribution >= 4 is 17.1 Å². The number of methoxy groups -OCH3 is 5. The van der Waals surface area contributed by atoms with Crippen LogP contribution < -0.4 is 28.6 Å². The van der Waals surface area contributed by atoms with Gasteiger partial charge in [0.15, 0.2) is 0 Å². The maximum atomic E-state index is 5.95. The van der Waals surface area contributed by atoms with E-state index in [9.17, 15) is 0 Å². The Balaban J connectivity index is 1.89. The van der Waals surface area contributed by atoms with Crippen molar-refractivity contribution in [2.24, 2.45) is 0 Å². The van der Waals surface area contributed by atoms with Crippen LogP contribution >= 0.6 is 0 Å². The fourth-order valence-electron chi connectivity index (χ4n) is 5.13. The van der Waals surface area contributed by atoms with E-state index in [4.69, 9.17) is 23.7 Å². The summed E-state index contributed by atoms with van der Waals surface area (Å²) in [7, 11) is 8.42. The molecule has 0 saturated heterocycles. The molecule has 1 aliphatic heterocycles. The third kappa shape index (κ3) is 3.66. The van der Waals surface area contributed by atoms with Crippen LogP contribution in [0.1, 0.15) is 22.6 Å². The van der Waals surface area contributed by atoms with E-state index in [0.29, 0.717) is 0 Å². The Hall–Kier alpha value is -4.32. The molecule has 0 atom stereocenters. The van der Waals surface area contributed by atoms with Gasteiger partial charge >= 0.3 is 0 Å². The van der Waals surface area contributed by atoms with Gasteiger partial charge in [-0.1, -0.05) is 18.2 Å². The van der Waals surface area contributed by atoms with Gasteiger partial charge in [-0.25, -0.2) is 0 Å². The highest BCUT2D eigenvalue weighted by atomic mass is 16.5. The summed E-state index contributed by atoms with van der Waals surface area (Å²) < 4.78 is 29.0. The van der Waals surface area contributed by atoms with Gasteiger partial charge in [0.1, 0.15) is 28.7 Å². The Morgan fingerprint density at radius 2 is 0.889 bits per heavy atom. The zero-order chi connectivity index (χ0) is 25.2. The summed E-state index contributed by atoms with van der Waals surface area (Å²) in [5, 5.41) is 0. The van der Waals surface area contributed by atoms with Gasteiger partial charge in [-0.3, -0.25) is 0 Å². The number of benzene rings is 4. The molecule has 0 amide bonds. The van der Waals surface area contributed by atoms with Gasteiger partial charge in [0.05, 0.1) is 52.8 Å². The molecule has 1 aliphatic rings. The van der Waals surface area contributed by atoms with E-state index in [1.54, 1.807) is 35.5 Å². The van der Waals surface area contributed by atoms with Crippen LogP contribution in [0.4, 0.5) is 17.1 Å². The molecule has 0 radical (unpaired) electrons. The van der Waals surface area contributed by atoms with Crippen molar-refractivity contribution in [2.75, 3.05) is 40.4 Å². The molecule has 6 nitrogen and oxygen atoms in total. The molecule has 6 heteroatoms. The fraction of sp³-hybridized carbons (Fsp3) is 0.200. The van der Waals surface area contributed by atoms with Crippen molar-refractivity contribution in [1.29, 1.82) is 0 Å². The molecule has 0 spiro atoms. The monoisotopic (exact) mass is 483 g/mol. The van der Waals surface area contributed by atoms with E-state index in [1.165, 1.54) is 0 Å². The average molecular weight is 484 g/mol. The van der Waals surface area contributed by atoms with Gasteiger partial charge in [0.2, 0.25) is 0 Å². The lowest BCUT2D eigenvalue weighted by Crippen LogP contribution is -2.24. The molecular formula is C30H29NO5. The van der Waals surface area contributed by atoms with Crippen molar-refractivity contribution in [1.82, 2.24) is 0 Å². The maximum Gasteiger partial charge on any atom is 0.126 e. The molecule has 1 heterocycles. The summed E-state index contributed by atoms with van der Waals surface area (Å²) in [6, 6.07) is 26.1. The third-order valence-electron chi connectivity index (χ3n) is 6.67. The summed E-state index contributed by atoms with van der Waals surface area (Å²) in [6.07, 6.45) is 0. The summed E-state index contributed by atoms with van der Waals surface area (Å²) in [6.45, 7) is 0. The third-order valence-corrected chi connectivity index (χ3v) is 6.67. The standard InChI is InChI=1S/C30H29NO5/c1-32-20-17-15-19(16-18-20)31-21-9-6-11-23(33-2)27(21)30(28-22(31)10-7-12-24(28)34-3)29-25(35-4)13-8-14-26(29)36-5/h6-18,30H,1-5H3. The van der Waals surface area contributed by atoms with E-state index in [0.717, 1.165) is 62.5 Å². The maximum absolute atomic E-state index is 5.95. The molecule has 0 unspecified atom stereocenters. The Bertz CT molecular complexity index is 1310. The Labute approximate surface area is 211 Å². The van der Waals surface area contributed by atoms with Crippen molar-refractivity contribution in [3.05, 3.63) is 95.6 Å². The van der Waals surface area contributed by atoms with Gasteiger partial charge in [-0.05, 0) is 60.7 Å². The quantitative estimate of drug-likeness (QED) is 0.257. The number of hydrogen-bond acceptors (Lipinski definition) is 6. The molecule has 0 fully saturated rings. The van der Waals surface area contributed by atoms with Crippen LogP contribution in [-0.2, 0) is 0 Å². The lowest BCUT2D eigenvalue weighted by Gasteiger charge is -2.39. The molecule has 36 heavy (non-hydrogen) atoms. The smallest absolute Gasteiger partial charge is 0.126 e. The van der Waals surface area contributed by atoms with Crippen LogP contribution in [-0.4, -0.2) is 35.5 Å². The highest BCUT2D eigenvalue weighted by Gasteiger charge is 2.39. The Morgan fingerprint density at radius 1 is 0.472 bits per heavy atom. The number of rotatable bonds is 7. The van der Waals surface area contributed by atoms with E-state index >= 15 is 0 Å². The normalized spacial score (nSPS) is 12.4. The number of fused-ring (bicyclic) bond motifs is 2. The van der Waals surface area contributed by atoms with Crippen molar-refractivity contribution in [3.63, 3.8) is 0 Å². The molecule has 4 aromatic carbocycles. The molecule has 0 N–H and O–H groups in total. The first kappa shape index (κ1) is 23.4.